The molecule has 4 aliphatic rings. The van der Waals surface area contributed by atoms with Gasteiger partial charge in [-0.05, 0) is 73.3 Å². The Bertz CT molecular complexity index is 503. The van der Waals surface area contributed by atoms with Gasteiger partial charge < -0.3 is 5.11 Å². The van der Waals surface area contributed by atoms with E-state index in [1.807, 2.05) is 0 Å². The standard InChI is InChI=1S/C16H18F2O/c17-14-12(1-2-13(19)15(14)18)16-6-9-3-10(7-16)5-11(4-9)8-16/h1-2,9-11,19H,3-8H2/t9-,10?,11?,16-. The first kappa shape index (κ1) is 11.7. The van der Waals surface area contributed by atoms with Crippen LogP contribution in [0.5, 0.6) is 5.75 Å². The second-order valence-electron chi connectivity index (χ2n) is 6.96. The van der Waals surface area contributed by atoms with E-state index in [2.05, 4.69) is 0 Å². The molecule has 0 atom stereocenters. The molecule has 19 heavy (non-hydrogen) atoms. The Labute approximate surface area is 111 Å². The molecule has 0 radical (unpaired) electrons. The summed E-state index contributed by atoms with van der Waals surface area (Å²) in [6, 6.07) is 2.92. The van der Waals surface area contributed by atoms with Crippen LogP contribution >= 0.6 is 0 Å². The average molecular weight is 264 g/mol. The van der Waals surface area contributed by atoms with Crippen molar-refractivity contribution in [3.63, 3.8) is 0 Å². The van der Waals surface area contributed by atoms with Crippen LogP contribution in [-0.4, -0.2) is 5.11 Å². The van der Waals surface area contributed by atoms with Gasteiger partial charge >= 0.3 is 0 Å². The zero-order valence-electron chi connectivity index (χ0n) is 10.8. The van der Waals surface area contributed by atoms with Crippen molar-refractivity contribution in [3.05, 3.63) is 29.3 Å². The van der Waals surface area contributed by atoms with E-state index in [0.29, 0.717) is 23.3 Å². The topological polar surface area (TPSA) is 20.2 Å². The number of rotatable bonds is 1. The number of benzene rings is 1. The molecule has 102 valence electrons. The summed E-state index contributed by atoms with van der Waals surface area (Å²) in [5.74, 6) is -0.381. The van der Waals surface area contributed by atoms with Crippen molar-refractivity contribution in [1.82, 2.24) is 0 Å². The third-order valence-corrected chi connectivity index (χ3v) is 5.67. The van der Waals surface area contributed by atoms with E-state index < -0.39 is 17.4 Å². The summed E-state index contributed by atoms with van der Waals surface area (Å²) in [4.78, 5) is 0. The second kappa shape index (κ2) is 3.71. The number of phenols is 1. The second-order valence-corrected chi connectivity index (χ2v) is 6.96. The van der Waals surface area contributed by atoms with Crippen molar-refractivity contribution < 1.29 is 13.9 Å². The van der Waals surface area contributed by atoms with Gasteiger partial charge in [0.25, 0.3) is 0 Å². The summed E-state index contributed by atoms with van der Waals surface area (Å²) in [7, 11) is 0. The highest BCUT2D eigenvalue weighted by Crippen LogP contribution is 2.61. The van der Waals surface area contributed by atoms with E-state index in [4.69, 9.17) is 0 Å². The maximum absolute atomic E-state index is 14.2. The minimum Gasteiger partial charge on any atom is -0.505 e. The van der Waals surface area contributed by atoms with Gasteiger partial charge in [-0.15, -0.1) is 0 Å². The van der Waals surface area contributed by atoms with Gasteiger partial charge in [0, 0.05) is 0 Å². The van der Waals surface area contributed by atoms with E-state index in [9.17, 15) is 13.9 Å². The molecule has 0 aliphatic heterocycles. The summed E-state index contributed by atoms with van der Waals surface area (Å²) in [6.07, 6.45) is 6.84. The molecule has 4 saturated carbocycles. The molecule has 1 aromatic rings. The Morgan fingerprint density at radius 3 is 1.95 bits per heavy atom. The minimum atomic E-state index is -1.08. The van der Waals surface area contributed by atoms with Crippen molar-refractivity contribution in [2.75, 3.05) is 0 Å². The van der Waals surface area contributed by atoms with Crippen LogP contribution < -0.4 is 0 Å². The van der Waals surface area contributed by atoms with E-state index >= 15 is 0 Å². The number of halogens is 2. The molecule has 0 amide bonds. The molecule has 0 unspecified atom stereocenters. The van der Waals surface area contributed by atoms with Gasteiger partial charge in [0.05, 0.1) is 0 Å². The predicted molar refractivity (Wildman–Crippen MR) is 67.9 cm³/mol. The van der Waals surface area contributed by atoms with Gasteiger partial charge in [0.1, 0.15) is 0 Å². The summed E-state index contributed by atoms with van der Waals surface area (Å²) in [5.41, 5.74) is 0.356. The molecule has 0 spiro atoms. The highest BCUT2D eigenvalue weighted by atomic mass is 19.2. The van der Waals surface area contributed by atoms with Gasteiger partial charge in [0.2, 0.25) is 5.82 Å². The normalized spacial score (nSPS) is 39.8. The lowest BCUT2D eigenvalue weighted by atomic mass is 9.48. The molecular weight excluding hydrogens is 246 g/mol. The zero-order valence-corrected chi connectivity index (χ0v) is 10.8. The number of aromatic hydroxyl groups is 1. The van der Waals surface area contributed by atoms with Gasteiger partial charge in [-0.25, -0.2) is 4.39 Å². The molecule has 1 N–H and O–H groups in total. The van der Waals surface area contributed by atoms with Gasteiger partial charge in [-0.2, -0.15) is 4.39 Å². The van der Waals surface area contributed by atoms with Crippen LogP contribution in [-0.2, 0) is 5.41 Å². The number of phenolic OH excluding ortho intramolecular Hbond substituents is 1. The molecule has 0 saturated heterocycles. The zero-order chi connectivity index (χ0) is 13.2. The third kappa shape index (κ3) is 1.56. The molecule has 4 bridgehead atoms. The Morgan fingerprint density at radius 2 is 1.42 bits per heavy atom. The van der Waals surface area contributed by atoms with Gasteiger partial charge in [-0.1, -0.05) is 6.07 Å². The Hall–Kier alpha value is -1.12. The number of hydrogen-bond acceptors (Lipinski definition) is 1. The molecule has 1 nitrogen and oxygen atoms in total. The first-order valence-electron chi connectivity index (χ1n) is 7.25. The molecule has 4 fully saturated rings. The Kier molecular flexibility index (Phi) is 2.28. The SMILES string of the molecule is Oc1ccc([C@]23CC4CC(C[C@H](C4)C2)C3)c(F)c1F. The van der Waals surface area contributed by atoms with E-state index in [-0.39, 0.29) is 5.41 Å². The summed E-state index contributed by atoms with van der Waals surface area (Å²) in [6.45, 7) is 0. The minimum absolute atomic E-state index is 0.159. The smallest absolute Gasteiger partial charge is 0.200 e. The Morgan fingerprint density at radius 1 is 0.895 bits per heavy atom. The van der Waals surface area contributed by atoms with Crippen LogP contribution in [0.1, 0.15) is 44.1 Å². The molecule has 0 aromatic heterocycles. The van der Waals surface area contributed by atoms with Crippen molar-refractivity contribution in [3.8, 4) is 5.75 Å². The summed E-state index contributed by atoms with van der Waals surface area (Å²) < 4.78 is 27.9. The molecule has 5 rings (SSSR count). The van der Waals surface area contributed by atoms with Crippen LogP contribution in [0.3, 0.4) is 0 Å². The van der Waals surface area contributed by atoms with E-state index in [1.54, 1.807) is 6.07 Å². The lowest BCUT2D eigenvalue weighted by Crippen LogP contribution is -2.49. The molecule has 4 aliphatic carbocycles. The quantitative estimate of drug-likeness (QED) is 0.808. The van der Waals surface area contributed by atoms with Gasteiger partial charge in [0.15, 0.2) is 11.6 Å². The van der Waals surface area contributed by atoms with E-state index in [1.165, 1.54) is 25.3 Å². The average Bonchev–Trinajstić information content (AvgIpc) is 2.34. The van der Waals surface area contributed by atoms with Crippen LogP contribution in [0.15, 0.2) is 12.1 Å². The highest BCUT2D eigenvalue weighted by Gasteiger charge is 2.52. The first-order valence-corrected chi connectivity index (χ1v) is 7.25. The first-order chi connectivity index (χ1) is 9.07. The van der Waals surface area contributed by atoms with E-state index in [0.717, 1.165) is 19.3 Å². The molecular formula is C16H18F2O. The van der Waals surface area contributed by atoms with Crippen molar-refractivity contribution in [2.45, 2.75) is 43.9 Å². The fraction of sp³-hybridized carbons (Fsp3) is 0.625. The summed E-state index contributed by atoms with van der Waals surface area (Å²) >= 11 is 0. The van der Waals surface area contributed by atoms with Crippen LogP contribution in [0, 0.1) is 29.4 Å². The molecule has 3 heteroatoms. The van der Waals surface area contributed by atoms with Crippen LogP contribution in [0.4, 0.5) is 8.78 Å². The van der Waals surface area contributed by atoms with Crippen molar-refractivity contribution in [1.29, 1.82) is 0 Å². The lowest BCUT2D eigenvalue weighted by Gasteiger charge is -2.57. The largest absolute Gasteiger partial charge is 0.505 e. The number of hydrogen-bond donors (Lipinski definition) is 1. The fourth-order valence-corrected chi connectivity index (χ4v) is 5.39. The van der Waals surface area contributed by atoms with Crippen molar-refractivity contribution in [2.24, 2.45) is 17.8 Å². The Balaban J connectivity index is 1.82. The fourth-order valence-electron chi connectivity index (χ4n) is 5.39. The maximum atomic E-state index is 14.2. The van der Waals surface area contributed by atoms with Gasteiger partial charge in [-0.3, -0.25) is 0 Å². The van der Waals surface area contributed by atoms with Crippen LogP contribution in [0.25, 0.3) is 0 Å². The van der Waals surface area contributed by atoms with Crippen LogP contribution in [0.2, 0.25) is 0 Å². The van der Waals surface area contributed by atoms with Crippen molar-refractivity contribution >= 4 is 0 Å². The lowest BCUT2D eigenvalue weighted by molar-refractivity contribution is -0.00706. The molecule has 0 heterocycles. The third-order valence-electron chi connectivity index (χ3n) is 5.67. The molecule has 1 aromatic carbocycles. The monoisotopic (exact) mass is 264 g/mol. The highest BCUT2D eigenvalue weighted by molar-refractivity contribution is 5.36. The summed E-state index contributed by atoms with van der Waals surface area (Å²) in [5, 5.41) is 9.29. The predicted octanol–water partition coefficient (Wildman–Crippen LogP) is 4.14. The maximum Gasteiger partial charge on any atom is 0.200 e.